The number of carbonyl (C=O) groups is 1. The number of benzene rings is 2. The Morgan fingerprint density at radius 1 is 1.06 bits per heavy atom. The molecule has 0 aliphatic heterocycles. The van der Waals surface area contributed by atoms with Crippen LogP contribution >= 0.6 is 0 Å². The lowest BCUT2D eigenvalue weighted by molar-refractivity contribution is -0.380. The van der Waals surface area contributed by atoms with Gasteiger partial charge in [-0.2, -0.15) is 13.2 Å². The summed E-state index contributed by atoms with van der Waals surface area (Å²) in [5.41, 5.74) is 2.33. The van der Waals surface area contributed by atoms with Crippen molar-refractivity contribution in [2.75, 3.05) is 0 Å². The van der Waals surface area contributed by atoms with Crippen LogP contribution in [0.1, 0.15) is 36.5 Å². The molecule has 2 N–H and O–H groups in total. The molecule has 2 unspecified atom stereocenters. The highest BCUT2D eigenvalue weighted by molar-refractivity contribution is 6.26. The van der Waals surface area contributed by atoms with E-state index in [1.54, 1.807) is 18.2 Å². The van der Waals surface area contributed by atoms with Crippen LogP contribution in [0.25, 0.3) is 5.57 Å². The maximum absolute atomic E-state index is 13.4. The van der Waals surface area contributed by atoms with Gasteiger partial charge < -0.3 is 9.84 Å². The van der Waals surface area contributed by atoms with Crippen molar-refractivity contribution in [3.05, 3.63) is 87.1 Å². The second-order valence-corrected chi connectivity index (χ2v) is 8.65. The van der Waals surface area contributed by atoms with Gasteiger partial charge in [-0.1, -0.05) is 36.3 Å². The number of aryl methyl sites for hydroxylation is 1. The number of aliphatic hydroxyl groups is 1. The van der Waals surface area contributed by atoms with Crippen molar-refractivity contribution < 1.29 is 33.0 Å². The van der Waals surface area contributed by atoms with E-state index in [0.717, 1.165) is 41.7 Å². The number of nitrogens with one attached hydrogen (secondary N) is 1. The summed E-state index contributed by atoms with van der Waals surface area (Å²) in [6.45, 7) is 1.92. The second kappa shape index (κ2) is 7.97. The van der Waals surface area contributed by atoms with Gasteiger partial charge in [0.15, 0.2) is 5.78 Å². The fourth-order valence-electron chi connectivity index (χ4n) is 5.14. The zero-order chi connectivity index (χ0) is 24.2. The van der Waals surface area contributed by atoms with E-state index >= 15 is 0 Å². The summed E-state index contributed by atoms with van der Waals surface area (Å²) in [5.74, 6) is -0.665. The number of Topliss-reactive ketones (excluding diaryl/α,β-unsaturated/α-hetero) is 1. The molecule has 0 radical (unpaired) electrons. The minimum Gasteiger partial charge on any atom is -0.511 e. The molecule has 2 bridgehead atoms. The first kappa shape index (κ1) is 22.1. The van der Waals surface area contributed by atoms with Crippen molar-refractivity contribution >= 4 is 17.0 Å². The molecule has 5 nitrogen and oxygen atoms in total. The number of fused-ring (bicyclic) bond motifs is 2. The number of carbonyl (C=O) groups excluding carboxylic acids is 1. The SMILES string of the molecule is CCc1ccc(Oc2ccc(C(F)(F)F)cc2[NH+]=O)cc1C1=C(O)C2C3=CC=C(CC3)C2C1=O. The third-order valence-electron chi connectivity index (χ3n) is 6.80. The smallest absolute Gasteiger partial charge is 0.416 e. The molecule has 2 aromatic carbocycles. The van der Waals surface area contributed by atoms with Crippen molar-refractivity contribution in [2.45, 2.75) is 32.4 Å². The van der Waals surface area contributed by atoms with Crippen molar-refractivity contribution in [1.29, 1.82) is 0 Å². The largest absolute Gasteiger partial charge is 0.511 e. The van der Waals surface area contributed by atoms with Gasteiger partial charge in [0, 0.05) is 16.2 Å². The minimum absolute atomic E-state index is 0.0508. The number of hydrogen-bond acceptors (Lipinski definition) is 4. The third kappa shape index (κ3) is 3.45. The molecule has 174 valence electrons. The average molecular weight is 468 g/mol. The van der Waals surface area contributed by atoms with E-state index in [2.05, 4.69) is 0 Å². The maximum Gasteiger partial charge on any atom is 0.416 e. The minimum atomic E-state index is -4.60. The molecule has 0 amide bonds. The summed E-state index contributed by atoms with van der Waals surface area (Å²) in [5, 5.41) is 12.6. The van der Waals surface area contributed by atoms with Crippen LogP contribution < -0.4 is 9.91 Å². The summed E-state index contributed by atoms with van der Waals surface area (Å²) < 4.78 is 44.7. The van der Waals surface area contributed by atoms with Crippen LogP contribution in [0.4, 0.5) is 18.9 Å². The standard InChI is InChI=1S/C26H20F3NO4/c1-2-13-7-9-17(34-20-10-8-16(26(27,28)29)11-19(20)30-33)12-18(13)23-24(31)21-14-3-4-15(6-5-14)22(21)25(23)32/h3-4,7-12,21-22,31H,2,5-6H2,1H3/p+1. The summed E-state index contributed by atoms with van der Waals surface area (Å²) in [6.07, 6.45) is 1.57. The van der Waals surface area contributed by atoms with Crippen molar-refractivity contribution in [2.24, 2.45) is 11.8 Å². The molecule has 6 rings (SSSR count). The summed E-state index contributed by atoms with van der Waals surface area (Å²) in [7, 11) is 0. The molecule has 4 aliphatic rings. The Bertz CT molecular complexity index is 1320. The Hall–Kier alpha value is -3.68. The molecule has 1 saturated carbocycles. The van der Waals surface area contributed by atoms with E-state index in [1.807, 2.05) is 19.1 Å². The number of alkyl halides is 3. The van der Waals surface area contributed by atoms with Crippen LogP contribution in [0.3, 0.4) is 0 Å². The second-order valence-electron chi connectivity index (χ2n) is 8.65. The molecular formula is C26H21F3NO4+. The van der Waals surface area contributed by atoms with Gasteiger partial charge in [0.1, 0.15) is 11.5 Å². The Morgan fingerprint density at radius 3 is 2.35 bits per heavy atom. The van der Waals surface area contributed by atoms with Crippen molar-refractivity contribution in [3.8, 4) is 11.5 Å². The molecule has 8 heteroatoms. The molecule has 2 aromatic rings. The van der Waals surface area contributed by atoms with Gasteiger partial charge in [-0.3, -0.25) is 4.79 Å². The van der Waals surface area contributed by atoms with E-state index in [9.17, 15) is 28.0 Å². The maximum atomic E-state index is 13.4. The number of ether oxygens (including phenoxy) is 1. The van der Waals surface area contributed by atoms with Gasteiger partial charge in [0.05, 0.1) is 23.0 Å². The molecule has 0 aromatic heterocycles. The van der Waals surface area contributed by atoms with E-state index in [-0.39, 0.29) is 46.1 Å². The lowest BCUT2D eigenvalue weighted by Crippen LogP contribution is -2.56. The van der Waals surface area contributed by atoms with Crippen LogP contribution in [0, 0.1) is 16.7 Å². The number of hydrogen-bond donors (Lipinski definition) is 2. The summed E-state index contributed by atoms with van der Waals surface area (Å²) in [6, 6.07) is 7.54. The zero-order valence-electron chi connectivity index (χ0n) is 18.2. The highest BCUT2D eigenvalue weighted by Crippen LogP contribution is 2.53. The van der Waals surface area contributed by atoms with Crippen LogP contribution in [0.5, 0.6) is 11.5 Å². The van der Waals surface area contributed by atoms with E-state index in [1.165, 1.54) is 5.18 Å². The lowest BCUT2D eigenvalue weighted by atomic mass is 9.70. The Labute approximate surface area is 193 Å². The Balaban J connectivity index is 1.54. The molecule has 0 saturated heterocycles. The Kier molecular flexibility index (Phi) is 5.19. The van der Waals surface area contributed by atoms with Gasteiger partial charge >= 0.3 is 6.18 Å². The van der Waals surface area contributed by atoms with Crippen molar-refractivity contribution in [1.82, 2.24) is 0 Å². The number of nitroso groups, excluding NO2 is 1. The fraction of sp³-hybridized carbons (Fsp3) is 0.269. The lowest BCUT2D eigenvalue weighted by Gasteiger charge is -2.33. The first-order chi connectivity index (χ1) is 16.2. The fourth-order valence-corrected chi connectivity index (χ4v) is 5.14. The van der Waals surface area contributed by atoms with Crippen LogP contribution in [-0.4, -0.2) is 10.9 Å². The summed E-state index contributed by atoms with van der Waals surface area (Å²) in [4.78, 5) is 24.7. The molecular weight excluding hydrogens is 447 g/mol. The van der Waals surface area contributed by atoms with E-state index in [0.29, 0.717) is 18.1 Å². The van der Waals surface area contributed by atoms with Gasteiger partial charge in [0.25, 0.3) is 5.69 Å². The molecule has 4 aliphatic carbocycles. The molecule has 0 heterocycles. The molecule has 34 heavy (non-hydrogen) atoms. The zero-order valence-corrected chi connectivity index (χ0v) is 18.2. The van der Waals surface area contributed by atoms with Crippen molar-refractivity contribution in [3.63, 3.8) is 0 Å². The monoisotopic (exact) mass is 468 g/mol. The van der Waals surface area contributed by atoms with Gasteiger partial charge in [-0.05, 0) is 54.7 Å². The number of ketones is 1. The highest BCUT2D eigenvalue weighted by Gasteiger charge is 2.49. The molecule has 2 atom stereocenters. The normalized spacial score (nSPS) is 21.4. The van der Waals surface area contributed by atoms with Gasteiger partial charge in [-0.25, -0.2) is 0 Å². The predicted octanol–water partition coefficient (Wildman–Crippen LogP) is 5.28. The van der Waals surface area contributed by atoms with Gasteiger partial charge in [0.2, 0.25) is 5.75 Å². The number of allylic oxidation sites excluding steroid dienone is 5. The highest BCUT2D eigenvalue weighted by atomic mass is 19.4. The molecule has 1 fully saturated rings. The van der Waals surface area contributed by atoms with Gasteiger partial charge in [-0.15, -0.1) is 0 Å². The number of aliphatic hydroxyl groups excluding tert-OH is 1. The van der Waals surface area contributed by atoms with Crippen LogP contribution in [-0.2, 0) is 17.4 Å². The first-order valence-corrected chi connectivity index (χ1v) is 11.0. The van der Waals surface area contributed by atoms with E-state index < -0.39 is 11.7 Å². The van der Waals surface area contributed by atoms with Crippen LogP contribution in [0.15, 0.2) is 65.5 Å². The van der Waals surface area contributed by atoms with E-state index in [4.69, 9.17) is 4.74 Å². The number of rotatable bonds is 5. The van der Waals surface area contributed by atoms with Crippen LogP contribution in [0.2, 0.25) is 0 Å². The quantitative estimate of drug-likeness (QED) is 0.626. The predicted molar refractivity (Wildman–Crippen MR) is 118 cm³/mol. The first-order valence-electron chi connectivity index (χ1n) is 11.0. The Morgan fingerprint density at radius 2 is 1.76 bits per heavy atom. The summed E-state index contributed by atoms with van der Waals surface area (Å²) >= 11 is 0. The molecule has 0 spiro atoms. The topological polar surface area (TPSA) is 77.6 Å². The average Bonchev–Trinajstić information content (AvgIpc) is 3.11. The number of halogens is 3. The third-order valence-corrected chi connectivity index (χ3v) is 6.80.